The predicted molar refractivity (Wildman–Crippen MR) is 66.4 cm³/mol. The minimum absolute atomic E-state index is 0.190. The van der Waals surface area contributed by atoms with Gasteiger partial charge in [-0.25, -0.2) is 0 Å². The van der Waals surface area contributed by atoms with E-state index in [9.17, 15) is 0 Å². The Morgan fingerprint density at radius 1 is 1.25 bits per heavy atom. The molecule has 0 aliphatic carbocycles. The molecule has 0 amide bonds. The van der Waals surface area contributed by atoms with Crippen molar-refractivity contribution < 1.29 is 4.74 Å². The molecule has 1 unspecified atom stereocenters. The van der Waals surface area contributed by atoms with Gasteiger partial charge in [0.05, 0.1) is 11.7 Å². The Kier molecular flexibility index (Phi) is 3.62. The van der Waals surface area contributed by atoms with Crippen molar-refractivity contribution in [2.75, 3.05) is 13.1 Å². The first-order chi connectivity index (χ1) is 7.68. The molecular formula is C14H21NO. The van der Waals surface area contributed by atoms with Crippen molar-refractivity contribution in [1.29, 1.82) is 0 Å². The Morgan fingerprint density at radius 3 is 2.62 bits per heavy atom. The first kappa shape index (κ1) is 11.6. The minimum Gasteiger partial charge on any atom is -0.366 e. The van der Waals surface area contributed by atoms with E-state index in [0.29, 0.717) is 6.10 Å². The summed E-state index contributed by atoms with van der Waals surface area (Å²) in [4.78, 5) is 0. The third-order valence-corrected chi connectivity index (χ3v) is 3.18. The summed E-state index contributed by atoms with van der Waals surface area (Å²) in [6, 6.07) is 10.5. The van der Waals surface area contributed by atoms with Gasteiger partial charge in [-0.05, 0) is 38.8 Å². The standard InChI is InChI=1S/C14H21NO/c1-14(2,12-7-4-3-5-8-12)16-13-9-6-10-15-11-13/h3-5,7-8,13,15H,6,9-11H2,1-2H3. The number of hydrogen-bond acceptors (Lipinski definition) is 2. The van der Waals surface area contributed by atoms with Crippen LogP contribution in [0.25, 0.3) is 0 Å². The van der Waals surface area contributed by atoms with E-state index in [2.05, 4.69) is 43.4 Å². The average Bonchev–Trinajstić information content (AvgIpc) is 2.31. The molecule has 2 rings (SSSR count). The molecule has 16 heavy (non-hydrogen) atoms. The van der Waals surface area contributed by atoms with E-state index in [1.807, 2.05) is 6.07 Å². The molecule has 0 spiro atoms. The number of piperidine rings is 1. The third kappa shape index (κ3) is 2.83. The van der Waals surface area contributed by atoms with Crippen LogP contribution in [0.15, 0.2) is 30.3 Å². The number of benzene rings is 1. The van der Waals surface area contributed by atoms with Crippen LogP contribution in [0.4, 0.5) is 0 Å². The summed E-state index contributed by atoms with van der Waals surface area (Å²) in [5.74, 6) is 0. The van der Waals surface area contributed by atoms with E-state index < -0.39 is 0 Å². The summed E-state index contributed by atoms with van der Waals surface area (Å²) >= 11 is 0. The van der Waals surface area contributed by atoms with E-state index in [-0.39, 0.29) is 5.60 Å². The van der Waals surface area contributed by atoms with Crippen molar-refractivity contribution in [2.45, 2.75) is 38.4 Å². The number of ether oxygens (including phenoxy) is 1. The van der Waals surface area contributed by atoms with Gasteiger partial charge < -0.3 is 10.1 Å². The fraction of sp³-hybridized carbons (Fsp3) is 0.571. The molecule has 1 aliphatic heterocycles. The van der Waals surface area contributed by atoms with Gasteiger partial charge in [-0.2, -0.15) is 0 Å². The number of nitrogens with one attached hydrogen (secondary N) is 1. The number of hydrogen-bond donors (Lipinski definition) is 1. The first-order valence-electron chi connectivity index (χ1n) is 6.12. The molecule has 1 aromatic rings. The molecule has 0 radical (unpaired) electrons. The minimum atomic E-state index is -0.190. The largest absolute Gasteiger partial charge is 0.366 e. The SMILES string of the molecule is CC(C)(OC1CCCNC1)c1ccccc1. The van der Waals surface area contributed by atoms with E-state index in [0.717, 1.165) is 13.1 Å². The van der Waals surface area contributed by atoms with Gasteiger partial charge in [-0.1, -0.05) is 30.3 Å². The Labute approximate surface area is 98.0 Å². The van der Waals surface area contributed by atoms with Crippen molar-refractivity contribution in [3.63, 3.8) is 0 Å². The Balaban J connectivity index is 2.01. The van der Waals surface area contributed by atoms with Crippen LogP contribution >= 0.6 is 0 Å². The van der Waals surface area contributed by atoms with Crippen LogP contribution in [0.5, 0.6) is 0 Å². The molecule has 0 saturated carbocycles. The molecule has 1 fully saturated rings. The second-order valence-corrected chi connectivity index (χ2v) is 4.96. The lowest BCUT2D eigenvalue weighted by Gasteiger charge is -2.33. The molecule has 2 heteroatoms. The summed E-state index contributed by atoms with van der Waals surface area (Å²) < 4.78 is 6.20. The van der Waals surface area contributed by atoms with Gasteiger partial charge in [0.25, 0.3) is 0 Å². The zero-order valence-electron chi connectivity index (χ0n) is 10.2. The molecule has 0 aromatic heterocycles. The molecule has 1 heterocycles. The quantitative estimate of drug-likeness (QED) is 0.844. The van der Waals surface area contributed by atoms with Crippen molar-refractivity contribution in [1.82, 2.24) is 5.32 Å². The van der Waals surface area contributed by atoms with Gasteiger partial charge in [-0.3, -0.25) is 0 Å². The molecule has 0 bridgehead atoms. The molecule has 88 valence electrons. The summed E-state index contributed by atoms with van der Waals surface area (Å²) in [5, 5.41) is 3.38. The van der Waals surface area contributed by atoms with Gasteiger partial charge in [-0.15, -0.1) is 0 Å². The van der Waals surface area contributed by atoms with Gasteiger partial charge in [0.2, 0.25) is 0 Å². The lowest BCUT2D eigenvalue weighted by atomic mass is 9.97. The van der Waals surface area contributed by atoms with Crippen molar-refractivity contribution in [3.05, 3.63) is 35.9 Å². The average molecular weight is 219 g/mol. The highest BCUT2D eigenvalue weighted by Crippen LogP contribution is 2.27. The summed E-state index contributed by atoms with van der Waals surface area (Å²) in [7, 11) is 0. The summed E-state index contributed by atoms with van der Waals surface area (Å²) in [5.41, 5.74) is 1.06. The fourth-order valence-corrected chi connectivity index (χ4v) is 2.24. The van der Waals surface area contributed by atoms with Gasteiger partial charge in [0.15, 0.2) is 0 Å². The maximum atomic E-state index is 6.20. The highest BCUT2D eigenvalue weighted by Gasteiger charge is 2.26. The smallest absolute Gasteiger partial charge is 0.0879 e. The van der Waals surface area contributed by atoms with Crippen LogP contribution in [0.2, 0.25) is 0 Å². The fourth-order valence-electron chi connectivity index (χ4n) is 2.24. The third-order valence-electron chi connectivity index (χ3n) is 3.18. The van der Waals surface area contributed by atoms with E-state index in [4.69, 9.17) is 4.74 Å². The van der Waals surface area contributed by atoms with E-state index in [1.165, 1.54) is 18.4 Å². The van der Waals surface area contributed by atoms with Crippen molar-refractivity contribution in [3.8, 4) is 0 Å². The molecular weight excluding hydrogens is 198 g/mol. The highest BCUT2D eigenvalue weighted by molar-refractivity contribution is 5.20. The summed E-state index contributed by atoms with van der Waals surface area (Å²) in [6.07, 6.45) is 2.74. The lowest BCUT2D eigenvalue weighted by molar-refractivity contribution is -0.0832. The Hall–Kier alpha value is -0.860. The molecule has 2 nitrogen and oxygen atoms in total. The van der Waals surface area contributed by atoms with Gasteiger partial charge >= 0.3 is 0 Å². The zero-order chi connectivity index (χ0) is 11.4. The Morgan fingerprint density at radius 2 is 2.00 bits per heavy atom. The molecule has 1 N–H and O–H groups in total. The van der Waals surface area contributed by atoms with Crippen LogP contribution < -0.4 is 5.32 Å². The topological polar surface area (TPSA) is 21.3 Å². The predicted octanol–water partition coefficient (Wildman–Crippen LogP) is 2.69. The number of rotatable bonds is 3. The second kappa shape index (κ2) is 4.98. The lowest BCUT2D eigenvalue weighted by Crippen LogP contribution is -2.39. The maximum Gasteiger partial charge on any atom is 0.0879 e. The summed E-state index contributed by atoms with van der Waals surface area (Å²) in [6.45, 7) is 6.41. The normalized spacial score (nSPS) is 22.0. The molecule has 1 atom stereocenters. The van der Waals surface area contributed by atoms with Crippen LogP contribution in [-0.2, 0) is 10.3 Å². The molecule has 1 aromatic carbocycles. The zero-order valence-corrected chi connectivity index (χ0v) is 10.2. The highest BCUT2D eigenvalue weighted by atomic mass is 16.5. The van der Waals surface area contributed by atoms with Crippen LogP contribution in [0.1, 0.15) is 32.3 Å². The molecule has 1 saturated heterocycles. The van der Waals surface area contributed by atoms with E-state index >= 15 is 0 Å². The van der Waals surface area contributed by atoms with Crippen LogP contribution in [0.3, 0.4) is 0 Å². The second-order valence-electron chi connectivity index (χ2n) is 4.96. The van der Waals surface area contributed by atoms with Crippen LogP contribution in [0, 0.1) is 0 Å². The van der Waals surface area contributed by atoms with Gasteiger partial charge in [0.1, 0.15) is 0 Å². The first-order valence-corrected chi connectivity index (χ1v) is 6.12. The maximum absolute atomic E-state index is 6.20. The van der Waals surface area contributed by atoms with Crippen LogP contribution in [-0.4, -0.2) is 19.2 Å². The van der Waals surface area contributed by atoms with Crippen molar-refractivity contribution >= 4 is 0 Å². The molecule has 1 aliphatic rings. The van der Waals surface area contributed by atoms with Gasteiger partial charge in [0, 0.05) is 6.54 Å². The Bertz CT molecular complexity index is 315. The van der Waals surface area contributed by atoms with E-state index in [1.54, 1.807) is 0 Å². The monoisotopic (exact) mass is 219 g/mol. The van der Waals surface area contributed by atoms with Crippen molar-refractivity contribution in [2.24, 2.45) is 0 Å².